The Hall–Kier alpha value is -6.43. The van der Waals surface area contributed by atoms with Crippen molar-refractivity contribution in [2.45, 2.75) is 13.8 Å². The molecule has 0 unspecified atom stereocenters. The Balaban J connectivity index is 0.00000410. The predicted octanol–water partition coefficient (Wildman–Crippen LogP) is 13.2. The largest absolute Gasteiger partial charge is 2.00 e. The summed E-state index contributed by atoms with van der Waals surface area (Å²) in [6, 6.07) is 44.1. The third kappa shape index (κ3) is 5.96. The summed E-state index contributed by atoms with van der Waals surface area (Å²) in [6.45, 7) is 3.91. The number of aromatic nitrogens is 2. The van der Waals surface area contributed by atoms with Gasteiger partial charge < -0.3 is 23.5 Å². The summed E-state index contributed by atoms with van der Waals surface area (Å²) in [7, 11) is 0. The van der Waals surface area contributed by atoms with E-state index in [0.717, 1.165) is 33.0 Å². The summed E-state index contributed by atoms with van der Waals surface area (Å²) in [5.41, 5.74) is 7.78. The summed E-state index contributed by atoms with van der Waals surface area (Å²) < 4.78 is 50.8. The molecule has 10 rings (SSSR count). The second-order valence-electron chi connectivity index (χ2n) is 13.6. The van der Waals surface area contributed by atoms with Crippen LogP contribution in [0.4, 0.5) is 8.78 Å². The number of hydrogen-bond acceptors (Lipinski definition) is 5. The van der Waals surface area contributed by atoms with E-state index >= 15 is 8.78 Å². The molecule has 0 N–H and O–H groups in total. The number of aryl methyl sites for hydroxylation is 2. The van der Waals surface area contributed by atoms with Crippen LogP contribution in [-0.2, 0) is 21.1 Å². The molecule has 0 atom stereocenters. The van der Waals surface area contributed by atoms with Crippen LogP contribution < -0.4 is 4.74 Å². The molecule has 0 fully saturated rings. The van der Waals surface area contributed by atoms with Crippen LogP contribution in [0.2, 0.25) is 0 Å². The van der Waals surface area contributed by atoms with E-state index in [4.69, 9.17) is 13.6 Å². The maximum Gasteiger partial charge on any atom is 2.00 e. The van der Waals surface area contributed by atoms with Gasteiger partial charge in [-0.2, -0.15) is 0 Å². The molecule has 0 amide bonds. The summed E-state index contributed by atoms with van der Waals surface area (Å²) >= 11 is 0. The zero-order valence-corrected chi connectivity index (χ0v) is 32.2. The monoisotopic (exact) mass is 913 g/mol. The molecule has 0 saturated heterocycles. The Morgan fingerprint density at radius 1 is 0.500 bits per heavy atom. The second kappa shape index (κ2) is 14.0. The summed E-state index contributed by atoms with van der Waals surface area (Å²) in [6.07, 6.45) is 3.37. The second-order valence-corrected chi connectivity index (χ2v) is 13.6. The third-order valence-electron chi connectivity index (χ3n) is 9.87. The van der Waals surface area contributed by atoms with Crippen molar-refractivity contribution in [2.75, 3.05) is 0 Å². The standard InChI is InChI=1S/C48H28F2N2O3.Pt/c1-27-21-31(43-47-39(17-19-51-43)37-15-13-35(41(49)45(37)54-47)29-9-5-3-6-10-29)25-33(23-27)53-34-24-28(2)22-32(26-34)44-48-40(18-20-52-44)38-16-14-36(42(50)46(38)55-48)30-11-7-4-8-12-30;/h3-24H,1-2H3;/q-2;+2. The Morgan fingerprint density at radius 2 is 0.911 bits per heavy atom. The minimum absolute atomic E-state index is 0. The van der Waals surface area contributed by atoms with Crippen molar-refractivity contribution in [1.82, 2.24) is 9.97 Å². The van der Waals surface area contributed by atoms with Crippen molar-refractivity contribution in [2.24, 2.45) is 0 Å². The van der Waals surface area contributed by atoms with Crippen LogP contribution in [0.3, 0.4) is 0 Å². The smallest absolute Gasteiger partial charge is 0.497 e. The quantitative estimate of drug-likeness (QED) is 0.156. The summed E-state index contributed by atoms with van der Waals surface area (Å²) in [5, 5.41) is 2.82. The molecule has 0 bridgehead atoms. The predicted molar refractivity (Wildman–Crippen MR) is 212 cm³/mol. The van der Waals surface area contributed by atoms with E-state index in [-0.39, 0.29) is 32.2 Å². The SMILES string of the molecule is Cc1cc(Oc2[c-]c(-c3nccc4c3oc3c(F)c(-c5ccccc5)ccc34)cc(C)c2)[c-]c(-c2nccc3c2oc2c(F)c(-c4ccccc4)ccc23)c1.[Pt+2]. The molecule has 5 nitrogen and oxygen atoms in total. The zero-order chi connectivity index (χ0) is 37.2. The van der Waals surface area contributed by atoms with Crippen molar-refractivity contribution < 1.29 is 43.4 Å². The molecule has 6 aromatic carbocycles. The van der Waals surface area contributed by atoms with Gasteiger partial charge in [-0.15, -0.1) is 34.4 Å². The normalized spacial score (nSPS) is 11.4. The van der Waals surface area contributed by atoms with Gasteiger partial charge in [0.1, 0.15) is 11.2 Å². The molecular weight excluding hydrogens is 886 g/mol. The van der Waals surface area contributed by atoms with Crippen LogP contribution in [-0.4, -0.2) is 9.97 Å². The first-order valence-electron chi connectivity index (χ1n) is 17.8. The van der Waals surface area contributed by atoms with Gasteiger partial charge in [0, 0.05) is 68.0 Å². The topological polar surface area (TPSA) is 61.3 Å². The number of nitrogens with zero attached hydrogens (tertiary/aromatic N) is 2. The number of benzene rings is 6. The number of fused-ring (bicyclic) bond motifs is 6. The summed E-state index contributed by atoms with van der Waals surface area (Å²) in [4.78, 5) is 9.32. The Kier molecular flexibility index (Phi) is 8.83. The van der Waals surface area contributed by atoms with E-state index < -0.39 is 11.6 Å². The van der Waals surface area contributed by atoms with Crippen molar-refractivity contribution in [1.29, 1.82) is 0 Å². The van der Waals surface area contributed by atoms with Gasteiger partial charge in [-0.3, -0.25) is 0 Å². The van der Waals surface area contributed by atoms with E-state index in [2.05, 4.69) is 22.1 Å². The van der Waals surface area contributed by atoms with E-state index in [1.807, 2.05) is 123 Å². The number of pyridine rings is 2. The van der Waals surface area contributed by atoms with Gasteiger partial charge in [0.25, 0.3) is 0 Å². The number of furan rings is 2. The van der Waals surface area contributed by atoms with Crippen LogP contribution in [0.1, 0.15) is 11.1 Å². The Labute approximate surface area is 334 Å². The summed E-state index contributed by atoms with van der Waals surface area (Å²) in [5.74, 6) is 0.00825. The number of rotatable bonds is 6. The van der Waals surface area contributed by atoms with Crippen molar-refractivity contribution in [3.05, 3.63) is 169 Å². The van der Waals surface area contributed by atoms with E-state index in [1.165, 1.54) is 0 Å². The third-order valence-corrected chi connectivity index (χ3v) is 9.87. The Bertz CT molecular complexity index is 2910. The maximum atomic E-state index is 16.0. The molecule has 4 aromatic heterocycles. The maximum absolute atomic E-state index is 16.0. The first-order valence-corrected chi connectivity index (χ1v) is 17.8. The molecule has 0 aliphatic carbocycles. The Morgan fingerprint density at radius 3 is 1.34 bits per heavy atom. The molecule has 0 aliphatic heterocycles. The van der Waals surface area contributed by atoms with Gasteiger partial charge in [-0.25, -0.2) is 8.78 Å². The van der Waals surface area contributed by atoms with Gasteiger partial charge in [0.2, 0.25) is 0 Å². The van der Waals surface area contributed by atoms with Gasteiger partial charge in [-0.05, 0) is 35.4 Å². The van der Waals surface area contributed by atoms with Crippen molar-refractivity contribution in [3.63, 3.8) is 0 Å². The molecule has 0 aliphatic rings. The fourth-order valence-electron chi connectivity index (χ4n) is 7.38. The fraction of sp³-hybridized carbons (Fsp3) is 0.0417. The van der Waals surface area contributed by atoms with Gasteiger partial charge in [-0.1, -0.05) is 111 Å². The van der Waals surface area contributed by atoms with Gasteiger partial charge >= 0.3 is 21.1 Å². The molecule has 0 spiro atoms. The molecule has 0 radical (unpaired) electrons. The molecule has 272 valence electrons. The molecular formula is C48H28F2N2O3Pt. The first kappa shape index (κ1) is 35.3. The van der Waals surface area contributed by atoms with Crippen molar-refractivity contribution >= 4 is 43.9 Å². The molecule has 8 heteroatoms. The van der Waals surface area contributed by atoms with E-state index in [1.54, 1.807) is 24.5 Å². The van der Waals surface area contributed by atoms with Crippen LogP contribution in [0, 0.1) is 37.6 Å². The van der Waals surface area contributed by atoms with E-state index in [9.17, 15) is 0 Å². The van der Waals surface area contributed by atoms with Crippen molar-refractivity contribution in [3.8, 4) is 56.3 Å². The minimum atomic E-state index is -0.427. The zero-order valence-electron chi connectivity index (χ0n) is 29.9. The van der Waals surface area contributed by atoms with Crippen LogP contribution in [0.25, 0.3) is 88.6 Å². The average molecular weight is 914 g/mol. The average Bonchev–Trinajstić information content (AvgIpc) is 3.78. The fourth-order valence-corrected chi connectivity index (χ4v) is 7.38. The van der Waals surface area contributed by atoms with Crippen LogP contribution in [0.5, 0.6) is 11.5 Å². The molecule has 10 aromatic rings. The van der Waals surface area contributed by atoms with Gasteiger partial charge in [0.15, 0.2) is 22.8 Å². The van der Waals surface area contributed by atoms with Crippen LogP contribution >= 0.6 is 0 Å². The first-order chi connectivity index (χ1) is 26.9. The molecule has 56 heavy (non-hydrogen) atoms. The molecule has 4 heterocycles. The molecule has 0 saturated carbocycles. The van der Waals surface area contributed by atoms with Gasteiger partial charge in [0.05, 0.1) is 0 Å². The number of halogens is 2. The van der Waals surface area contributed by atoms with E-state index in [0.29, 0.717) is 67.1 Å². The number of hydrogen-bond donors (Lipinski definition) is 0. The van der Waals surface area contributed by atoms with Crippen LogP contribution in [0.15, 0.2) is 143 Å². The minimum Gasteiger partial charge on any atom is -0.497 e. The number of ether oxygens (including phenoxy) is 1.